The second kappa shape index (κ2) is 13.9. The number of hydrogen-bond donors (Lipinski definition) is 0. The summed E-state index contributed by atoms with van der Waals surface area (Å²) in [7, 11) is 0. The van der Waals surface area contributed by atoms with Crippen molar-refractivity contribution in [2.75, 3.05) is 4.90 Å². The number of aromatic nitrogens is 1. The van der Waals surface area contributed by atoms with Crippen LogP contribution in [0, 0.1) is 0 Å². The normalized spacial score (nSPS) is 13.0. The summed E-state index contributed by atoms with van der Waals surface area (Å²) in [6.45, 7) is 4.71. The quantitative estimate of drug-likeness (QED) is 0.167. The maximum atomic E-state index is 6.98. The fraction of sp³-hybridized carbons (Fsp3) is 0.0492. The Balaban J connectivity index is 1.01. The van der Waals surface area contributed by atoms with Gasteiger partial charge in [0.25, 0.3) is 0 Å². The van der Waals surface area contributed by atoms with Gasteiger partial charge in [-0.2, -0.15) is 0 Å². The molecule has 0 amide bonds. The Hall–Kier alpha value is -8.14. The molecule has 0 bridgehead atoms. The molecule has 302 valence electrons. The lowest BCUT2D eigenvalue weighted by Crippen LogP contribution is -2.15. The maximum Gasteiger partial charge on any atom is 0.145 e. The number of rotatable bonds is 6. The summed E-state index contributed by atoms with van der Waals surface area (Å²) in [6.07, 6.45) is 0. The molecule has 12 aromatic rings. The van der Waals surface area contributed by atoms with Crippen LogP contribution in [0.2, 0.25) is 0 Å². The number of hydrogen-bond acceptors (Lipinski definition) is 2. The van der Waals surface area contributed by atoms with Crippen LogP contribution in [0.4, 0.5) is 17.1 Å². The van der Waals surface area contributed by atoms with Gasteiger partial charge in [0.15, 0.2) is 0 Å². The summed E-state index contributed by atoms with van der Waals surface area (Å²) in [6, 6.07) is 79.6. The Kier molecular flexibility index (Phi) is 7.95. The predicted molar refractivity (Wildman–Crippen MR) is 269 cm³/mol. The lowest BCUT2D eigenvalue weighted by atomic mass is 9.81. The van der Waals surface area contributed by atoms with Crippen LogP contribution in [0.15, 0.2) is 223 Å². The summed E-state index contributed by atoms with van der Waals surface area (Å²) in [5, 5.41) is 7.06. The molecule has 0 saturated heterocycles. The van der Waals surface area contributed by atoms with Crippen LogP contribution >= 0.6 is 0 Å². The molecular weight excluding hydrogens is 777 g/mol. The smallest absolute Gasteiger partial charge is 0.145 e. The summed E-state index contributed by atoms with van der Waals surface area (Å²) in [4.78, 5) is 2.45. The Morgan fingerprint density at radius 1 is 0.422 bits per heavy atom. The molecule has 10 aromatic carbocycles. The summed E-state index contributed by atoms with van der Waals surface area (Å²) < 4.78 is 9.34. The molecule has 0 radical (unpaired) electrons. The van der Waals surface area contributed by atoms with E-state index in [-0.39, 0.29) is 5.41 Å². The number of fused-ring (bicyclic) bond motifs is 10. The zero-order valence-corrected chi connectivity index (χ0v) is 35.6. The molecule has 0 N–H and O–H groups in total. The Morgan fingerprint density at radius 2 is 1.03 bits per heavy atom. The molecule has 0 spiro atoms. The zero-order valence-electron chi connectivity index (χ0n) is 35.6. The Morgan fingerprint density at radius 3 is 1.83 bits per heavy atom. The molecule has 3 heteroatoms. The average molecular weight is 819 g/mol. The largest absolute Gasteiger partial charge is 0.455 e. The highest BCUT2D eigenvalue weighted by atomic mass is 16.3. The van der Waals surface area contributed by atoms with Crippen molar-refractivity contribution < 1.29 is 4.42 Å². The molecule has 0 fully saturated rings. The standard InChI is InChI=1S/C61H42N2O/c1-61(2)52-22-10-5-18-47(52)48-34-30-42(38-53(48)61)45-17-6-11-23-54(45)63(44-33-27-39-15-3-4-16-41(39)37-44)57-36-35-46(60-59(57)51-21-9-14-26-58(51)64-60)40-28-31-43(32-29-40)62-55-24-12-7-19-49(55)50-20-8-13-25-56(50)62/h3-38H,1-2H3. The fourth-order valence-electron chi connectivity index (χ4n) is 10.7. The minimum absolute atomic E-state index is 0.117. The number of furan rings is 1. The molecule has 2 aromatic heterocycles. The van der Waals surface area contributed by atoms with Gasteiger partial charge in [0.05, 0.1) is 27.8 Å². The second-order valence-corrected chi connectivity index (χ2v) is 17.7. The van der Waals surface area contributed by atoms with E-state index in [1.165, 1.54) is 60.4 Å². The Labute approximate surface area is 371 Å². The van der Waals surface area contributed by atoms with E-state index in [1.54, 1.807) is 0 Å². The molecule has 1 aliphatic carbocycles. The van der Waals surface area contributed by atoms with E-state index in [1.807, 2.05) is 0 Å². The minimum atomic E-state index is -0.117. The van der Waals surface area contributed by atoms with Gasteiger partial charge in [0, 0.05) is 44.1 Å². The van der Waals surface area contributed by atoms with E-state index < -0.39 is 0 Å². The van der Waals surface area contributed by atoms with Crippen LogP contribution in [-0.4, -0.2) is 4.57 Å². The lowest BCUT2D eigenvalue weighted by molar-refractivity contribution is 0.660. The van der Waals surface area contributed by atoms with Crippen LogP contribution in [0.1, 0.15) is 25.0 Å². The monoisotopic (exact) mass is 818 g/mol. The topological polar surface area (TPSA) is 21.3 Å². The first-order valence-electron chi connectivity index (χ1n) is 22.2. The predicted octanol–water partition coefficient (Wildman–Crippen LogP) is 16.9. The van der Waals surface area contributed by atoms with Crippen molar-refractivity contribution in [3.63, 3.8) is 0 Å². The molecule has 0 saturated carbocycles. The van der Waals surface area contributed by atoms with Crippen molar-refractivity contribution in [2.24, 2.45) is 0 Å². The van der Waals surface area contributed by atoms with Gasteiger partial charge in [0.2, 0.25) is 0 Å². The minimum Gasteiger partial charge on any atom is -0.455 e. The van der Waals surface area contributed by atoms with E-state index in [4.69, 9.17) is 4.42 Å². The lowest BCUT2D eigenvalue weighted by Gasteiger charge is -2.29. The molecule has 0 aliphatic heterocycles. The van der Waals surface area contributed by atoms with Gasteiger partial charge in [-0.05, 0) is 111 Å². The first-order valence-corrected chi connectivity index (χ1v) is 22.2. The summed E-state index contributed by atoms with van der Waals surface area (Å²) in [5.41, 5.74) is 18.2. The van der Waals surface area contributed by atoms with Gasteiger partial charge in [-0.1, -0.05) is 166 Å². The maximum absolute atomic E-state index is 6.98. The second-order valence-electron chi connectivity index (χ2n) is 17.7. The van der Waals surface area contributed by atoms with E-state index in [0.29, 0.717) is 0 Å². The van der Waals surface area contributed by atoms with Gasteiger partial charge in [-0.3, -0.25) is 0 Å². The van der Waals surface area contributed by atoms with Gasteiger partial charge in [0.1, 0.15) is 11.2 Å². The van der Waals surface area contributed by atoms with Crippen LogP contribution < -0.4 is 4.90 Å². The molecule has 2 heterocycles. The first kappa shape index (κ1) is 36.5. The number of anilines is 3. The van der Waals surface area contributed by atoms with Gasteiger partial charge in [-0.25, -0.2) is 0 Å². The molecule has 0 atom stereocenters. The van der Waals surface area contributed by atoms with Gasteiger partial charge < -0.3 is 13.9 Å². The molecule has 13 rings (SSSR count). The third-order valence-corrected chi connectivity index (χ3v) is 13.8. The SMILES string of the molecule is CC1(C)c2ccccc2-c2ccc(-c3ccccc3N(c3ccc4ccccc4c3)c3ccc(-c4ccc(-n5c6ccccc6c6ccccc65)cc4)c4oc5ccccc5c34)cc21. The molecule has 1 aliphatic rings. The summed E-state index contributed by atoms with van der Waals surface area (Å²) >= 11 is 0. The molecule has 0 unspecified atom stereocenters. The highest BCUT2D eigenvalue weighted by Crippen LogP contribution is 2.52. The molecule has 64 heavy (non-hydrogen) atoms. The van der Waals surface area contributed by atoms with Crippen molar-refractivity contribution in [3.8, 4) is 39.1 Å². The van der Waals surface area contributed by atoms with Gasteiger partial charge in [-0.15, -0.1) is 0 Å². The highest BCUT2D eigenvalue weighted by Gasteiger charge is 2.35. The van der Waals surface area contributed by atoms with E-state index in [0.717, 1.165) is 61.4 Å². The third kappa shape index (κ3) is 5.41. The van der Waals surface area contributed by atoms with E-state index in [2.05, 4.69) is 242 Å². The number of para-hydroxylation sites is 4. The molecular formula is C61H42N2O. The number of nitrogens with zero attached hydrogens (tertiary/aromatic N) is 2. The van der Waals surface area contributed by atoms with Gasteiger partial charge >= 0.3 is 0 Å². The van der Waals surface area contributed by atoms with E-state index >= 15 is 0 Å². The van der Waals surface area contributed by atoms with Crippen molar-refractivity contribution in [1.82, 2.24) is 4.57 Å². The first-order chi connectivity index (χ1) is 31.5. The zero-order chi connectivity index (χ0) is 42.5. The average Bonchev–Trinajstić information content (AvgIpc) is 3.98. The van der Waals surface area contributed by atoms with Crippen LogP contribution in [0.3, 0.4) is 0 Å². The van der Waals surface area contributed by atoms with E-state index in [9.17, 15) is 0 Å². The summed E-state index contributed by atoms with van der Waals surface area (Å²) in [5.74, 6) is 0. The van der Waals surface area contributed by atoms with Crippen LogP contribution in [-0.2, 0) is 5.41 Å². The number of benzene rings is 10. The van der Waals surface area contributed by atoms with Crippen molar-refractivity contribution in [1.29, 1.82) is 0 Å². The highest BCUT2D eigenvalue weighted by molar-refractivity contribution is 6.18. The van der Waals surface area contributed by atoms with Crippen LogP contribution in [0.25, 0.3) is 93.6 Å². The Bertz CT molecular complexity index is 3770. The third-order valence-electron chi connectivity index (χ3n) is 13.8. The van der Waals surface area contributed by atoms with Crippen LogP contribution in [0.5, 0.6) is 0 Å². The fourth-order valence-corrected chi connectivity index (χ4v) is 10.7. The van der Waals surface area contributed by atoms with Crippen molar-refractivity contribution in [2.45, 2.75) is 19.3 Å². The van der Waals surface area contributed by atoms with Crippen molar-refractivity contribution in [3.05, 3.63) is 230 Å². The van der Waals surface area contributed by atoms with Crippen molar-refractivity contribution >= 4 is 71.6 Å². The molecule has 3 nitrogen and oxygen atoms in total.